The first kappa shape index (κ1) is 18.0. The Morgan fingerprint density at radius 3 is 2.67 bits per heavy atom. The maximum atomic E-state index is 13.2. The summed E-state index contributed by atoms with van der Waals surface area (Å²) in [6, 6.07) is 1.40. The van der Waals surface area contributed by atoms with Gasteiger partial charge in [-0.15, -0.1) is 0 Å². The Bertz CT molecular complexity index is 999. The molecule has 1 spiro atoms. The molecule has 1 amide bonds. The molecule has 4 heterocycles. The van der Waals surface area contributed by atoms with Gasteiger partial charge in [0.1, 0.15) is 34.2 Å². The number of carbonyl (C=O) groups is 1. The molecule has 0 radical (unpaired) electrons. The highest BCUT2D eigenvalue weighted by Crippen LogP contribution is 2.36. The van der Waals surface area contributed by atoms with Crippen LogP contribution in [0.25, 0.3) is 0 Å². The van der Waals surface area contributed by atoms with E-state index in [-0.39, 0.29) is 44.5 Å². The zero-order valence-corrected chi connectivity index (χ0v) is 15.9. The van der Waals surface area contributed by atoms with Crippen LogP contribution < -0.4 is 21.9 Å². The maximum Gasteiger partial charge on any atom is 0.276 e. The van der Waals surface area contributed by atoms with Crippen LogP contribution in [0.2, 0.25) is 10.0 Å². The SMILES string of the molecule is CN1CCC2(CC1)NC(=O)c1c(Cl)cc(Nc3ncnc(N)c3Cl)c(=O)n12. The molecule has 0 bridgehead atoms. The lowest BCUT2D eigenvalue weighted by molar-refractivity contribution is 0.0799. The summed E-state index contributed by atoms with van der Waals surface area (Å²) in [6.45, 7) is 1.49. The largest absolute Gasteiger partial charge is 0.382 e. The first-order valence-electron chi connectivity index (χ1n) is 8.32. The van der Waals surface area contributed by atoms with Crippen molar-refractivity contribution in [2.75, 3.05) is 31.2 Å². The number of piperidine rings is 1. The molecule has 1 saturated heterocycles. The van der Waals surface area contributed by atoms with Crippen molar-refractivity contribution in [1.29, 1.82) is 0 Å². The number of aromatic nitrogens is 3. The normalized spacial score (nSPS) is 18.4. The van der Waals surface area contributed by atoms with E-state index in [9.17, 15) is 9.59 Å². The van der Waals surface area contributed by atoms with E-state index in [2.05, 4.69) is 25.5 Å². The number of halogens is 2. The Morgan fingerprint density at radius 1 is 1.26 bits per heavy atom. The molecular formula is C16H17Cl2N7O2. The first-order chi connectivity index (χ1) is 12.8. The predicted octanol–water partition coefficient (Wildman–Crippen LogP) is 1.39. The van der Waals surface area contributed by atoms with Crippen LogP contribution in [0.5, 0.6) is 0 Å². The number of carbonyl (C=O) groups excluding carboxylic acids is 1. The van der Waals surface area contributed by atoms with Gasteiger partial charge in [0.2, 0.25) is 0 Å². The molecule has 0 aromatic carbocycles. The minimum absolute atomic E-state index is 0.0881. The molecule has 1 fully saturated rings. The second kappa shape index (κ2) is 6.36. The monoisotopic (exact) mass is 409 g/mol. The van der Waals surface area contributed by atoms with Crippen molar-refractivity contribution in [3.8, 4) is 0 Å². The van der Waals surface area contributed by atoms with Crippen LogP contribution in [-0.4, -0.2) is 45.5 Å². The van der Waals surface area contributed by atoms with E-state index in [1.165, 1.54) is 17.0 Å². The molecule has 0 atom stereocenters. The van der Waals surface area contributed by atoms with E-state index in [1.54, 1.807) is 0 Å². The van der Waals surface area contributed by atoms with Crippen molar-refractivity contribution in [2.45, 2.75) is 18.5 Å². The molecule has 0 unspecified atom stereocenters. The molecule has 2 aliphatic rings. The Morgan fingerprint density at radius 2 is 1.96 bits per heavy atom. The van der Waals surface area contributed by atoms with Gasteiger partial charge in [-0.05, 0) is 13.1 Å². The second-order valence-corrected chi connectivity index (χ2v) is 7.52. The summed E-state index contributed by atoms with van der Waals surface area (Å²) < 4.78 is 1.46. The smallest absolute Gasteiger partial charge is 0.276 e. The van der Waals surface area contributed by atoms with Crippen LogP contribution in [-0.2, 0) is 5.66 Å². The number of nitrogens with zero attached hydrogens (tertiary/aromatic N) is 4. The molecule has 4 rings (SSSR count). The minimum Gasteiger partial charge on any atom is -0.382 e. The lowest BCUT2D eigenvalue weighted by atomic mass is 9.97. The fraction of sp³-hybridized carbons (Fsp3) is 0.375. The Balaban J connectivity index is 1.83. The standard InChI is InChI=1S/C16H17Cl2N7O2/c1-24-4-2-16(3-5-24)23-14(26)11-8(17)6-9(15(27)25(11)16)22-13-10(18)12(19)20-7-21-13/h6-7H,2-5H2,1H3,(H,23,26)(H3,19,20,21,22). The number of hydrogen-bond donors (Lipinski definition) is 3. The molecule has 2 aromatic heterocycles. The summed E-state index contributed by atoms with van der Waals surface area (Å²) in [5.74, 6) is -0.0738. The van der Waals surface area contributed by atoms with Gasteiger partial charge in [0.15, 0.2) is 5.82 Å². The van der Waals surface area contributed by atoms with Crippen LogP contribution in [0.4, 0.5) is 17.3 Å². The molecular weight excluding hydrogens is 393 g/mol. The van der Waals surface area contributed by atoms with E-state index < -0.39 is 5.66 Å². The molecule has 4 N–H and O–H groups in total. The minimum atomic E-state index is -0.786. The fourth-order valence-corrected chi connectivity index (χ4v) is 3.98. The number of nitrogens with two attached hydrogens (primary N) is 1. The molecule has 27 heavy (non-hydrogen) atoms. The van der Waals surface area contributed by atoms with Crippen molar-refractivity contribution in [1.82, 2.24) is 24.8 Å². The molecule has 142 valence electrons. The van der Waals surface area contributed by atoms with E-state index in [4.69, 9.17) is 28.9 Å². The number of anilines is 3. The molecule has 0 aliphatic carbocycles. The van der Waals surface area contributed by atoms with Gasteiger partial charge in [-0.2, -0.15) is 0 Å². The van der Waals surface area contributed by atoms with Crippen LogP contribution >= 0.6 is 23.2 Å². The molecule has 0 saturated carbocycles. The van der Waals surface area contributed by atoms with Crippen molar-refractivity contribution < 1.29 is 4.79 Å². The number of nitrogens with one attached hydrogen (secondary N) is 2. The average molecular weight is 410 g/mol. The highest BCUT2D eigenvalue weighted by molar-refractivity contribution is 6.35. The lowest BCUT2D eigenvalue weighted by Crippen LogP contribution is -2.53. The molecule has 9 nitrogen and oxygen atoms in total. The number of hydrogen-bond acceptors (Lipinski definition) is 7. The van der Waals surface area contributed by atoms with Crippen LogP contribution in [0.1, 0.15) is 23.3 Å². The van der Waals surface area contributed by atoms with Crippen molar-refractivity contribution in [2.24, 2.45) is 0 Å². The number of pyridine rings is 1. The number of fused-ring (bicyclic) bond motifs is 2. The Hall–Kier alpha value is -2.36. The third-order valence-electron chi connectivity index (χ3n) is 5.03. The maximum absolute atomic E-state index is 13.2. The first-order valence-corrected chi connectivity index (χ1v) is 9.08. The summed E-state index contributed by atoms with van der Waals surface area (Å²) in [6.07, 6.45) is 2.44. The second-order valence-electron chi connectivity index (χ2n) is 6.73. The van der Waals surface area contributed by atoms with Gasteiger partial charge in [0.05, 0.1) is 5.02 Å². The fourth-order valence-electron chi connectivity index (χ4n) is 3.56. The van der Waals surface area contributed by atoms with Gasteiger partial charge < -0.3 is 21.3 Å². The number of nitrogen functional groups attached to an aromatic ring is 1. The molecule has 2 aliphatic heterocycles. The number of rotatable bonds is 2. The van der Waals surface area contributed by atoms with Gasteiger partial charge >= 0.3 is 0 Å². The van der Waals surface area contributed by atoms with Crippen molar-refractivity contribution >= 4 is 46.4 Å². The van der Waals surface area contributed by atoms with Gasteiger partial charge in [0, 0.05) is 25.9 Å². The van der Waals surface area contributed by atoms with E-state index >= 15 is 0 Å². The number of amides is 1. The van der Waals surface area contributed by atoms with Crippen molar-refractivity contribution in [3.05, 3.63) is 38.5 Å². The summed E-state index contributed by atoms with van der Waals surface area (Å²) in [7, 11) is 2.00. The average Bonchev–Trinajstić information content (AvgIpc) is 2.92. The zero-order valence-electron chi connectivity index (χ0n) is 14.4. The summed E-state index contributed by atoms with van der Waals surface area (Å²) in [5.41, 5.74) is 4.84. The highest BCUT2D eigenvalue weighted by atomic mass is 35.5. The van der Waals surface area contributed by atoms with E-state index in [0.29, 0.717) is 12.8 Å². The Kier molecular flexibility index (Phi) is 4.25. The quantitative estimate of drug-likeness (QED) is 0.685. The predicted molar refractivity (Wildman–Crippen MR) is 103 cm³/mol. The van der Waals surface area contributed by atoms with Gasteiger partial charge in [-0.25, -0.2) is 9.97 Å². The number of likely N-dealkylation sites (tertiary alicyclic amines) is 1. The van der Waals surface area contributed by atoms with Crippen molar-refractivity contribution in [3.63, 3.8) is 0 Å². The third-order valence-corrected chi connectivity index (χ3v) is 5.69. The molecule has 2 aromatic rings. The van der Waals surface area contributed by atoms with Gasteiger partial charge in [-0.3, -0.25) is 14.2 Å². The lowest BCUT2D eigenvalue weighted by Gasteiger charge is -2.39. The van der Waals surface area contributed by atoms with Gasteiger partial charge in [-0.1, -0.05) is 23.2 Å². The van der Waals surface area contributed by atoms with Gasteiger partial charge in [0.25, 0.3) is 11.5 Å². The van der Waals surface area contributed by atoms with Crippen LogP contribution in [0.3, 0.4) is 0 Å². The summed E-state index contributed by atoms with van der Waals surface area (Å²) in [5, 5.41) is 6.10. The Labute approximate surface area is 164 Å². The molecule has 11 heteroatoms. The summed E-state index contributed by atoms with van der Waals surface area (Å²) in [4.78, 5) is 35.7. The topological polar surface area (TPSA) is 118 Å². The van der Waals surface area contributed by atoms with Crippen LogP contribution in [0.15, 0.2) is 17.2 Å². The van der Waals surface area contributed by atoms with E-state index in [1.807, 2.05) is 7.05 Å². The highest BCUT2D eigenvalue weighted by Gasteiger charge is 2.46. The van der Waals surface area contributed by atoms with E-state index in [0.717, 1.165) is 13.1 Å². The third kappa shape index (κ3) is 2.82. The van der Waals surface area contributed by atoms with Crippen LogP contribution in [0, 0.1) is 0 Å². The summed E-state index contributed by atoms with van der Waals surface area (Å²) >= 11 is 12.5. The zero-order chi connectivity index (χ0) is 19.3.